The second kappa shape index (κ2) is 10.7. The summed E-state index contributed by atoms with van der Waals surface area (Å²) < 4.78 is 0. The molecule has 0 atom stereocenters. The number of hydrogen-bond acceptors (Lipinski definition) is 4. The largest absolute Gasteiger partial charge is 0.355 e. The number of para-hydroxylation sites is 1. The van der Waals surface area contributed by atoms with Crippen LogP contribution >= 0.6 is 0 Å². The van der Waals surface area contributed by atoms with Gasteiger partial charge in [0.05, 0.1) is 13.1 Å². The minimum atomic E-state index is -0.0116. The lowest BCUT2D eigenvalue weighted by molar-refractivity contribution is -0.123. The summed E-state index contributed by atoms with van der Waals surface area (Å²) in [5.41, 5.74) is 2.93. The van der Waals surface area contributed by atoms with Crippen molar-refractivity contribution >= 4 is 17.5 Å². The summed E-state index contributed by atoms with van der Waals surface area (Å²) in [7, 11) is 0. The molecule has 3 rings (SSSR count). The molecule has 6 heteroatoms. The van der Waals surface area contributed by atoms with E-state index >= 15 is 0 Å². The maximum Gasteiger partial charge on any atom is 0.238 e. The van der Waals surface area contributed by atoms with Crippen molar-refractivity contribution in [1.29, 1.82) is 0 Å². The van der Waals surface area contributed by atoms with Gasteiger partial charge in [0, 0.05) is 44.0 Å². The van der Waals surface area contributed by atoms with Gasteiger partial charge in [-0.05, 0) is 18.1 Å². The molecule has 154 valence electrons. The molecule has 0 unspecified atom stereocenters. The molecule has 1 heterocycles. The SMILES string of the molecule is CCCNC(=O)CN1CCN(CC(=O)Nc2ccccc2-c2ccccc2)CC1. The lowest BCUT2D eigenvalue weighted by Gasteiger charge is -2.33. The Balaban J connectivity index is 1.49. The summed E-state index contributed by atoms with van der Waals surface area (Å²) in [6.07, 6.45) is 0.946. The van der Waals surface area contributed by atoms with Crippen molar-refractivity contribution in [1.82, 2.24) is 15.1 Å². The molecule has 0 bridgehead atoms. The van der Waals surface area contributed by atoms with Crippen molar-refractivity contribution in [3.8, 4) is 11.1 Å². The highest BCUT2D eigenvalue weighted by Crippen LogP contribution is 2.27. The predicted molar refractivity (Wildman–Crippen MR) is 117 cm³/mol. The maximum absolute atomic E-state index is 12.6. The third-order valence-electron chi connectivity index (χ3n) is 5.06. The lowest BCUT2D eigenvalue weighted by atomic mass is 10.0. The third-order valence-corrected chi connectivity index (χ3v) is 5.06. The van der Waals surface area contributed by atoms with E-state index in [2.05, 4.69) is 20.4 Å². The molecule has 1 saturated heterocycles. The summed E-state index contributed by atoms with van der Waals surface area (Å²) in [5.74, 6) is 0.0677. The second-order valence-electron chi connectivity index (χ2n) is 7.36. The van der Waals surface area contributed by atoms with E-state index in [1.54, 1.807) is 0 Å². The molecule has 2 aromatic rings. The number of benzene rings is 2. The van der Waals surface area contributed by atoms with Gasteiger partial charge < -0.3 is 10.6 Å². The summed E-state index contributed by atoms with van der Waals surface area (Å²) in [5, 5.41) is 5.98. The highest BCUT2D eigenvalue weighted by Gasteiger charge is 2.20. The fourth-order valence-corrected chi connectivity index (χ4v) is 3.48. The number of nitrogens with one attached hydrogen (secondary N) is 2. The Morgan fingerprint density at radius 3 is 2.07 bits per heavy atom. The van der Waals surface area contributed by atoms with Gasteiger partial charge in [0.2, 0.25) is 11.8 Å². The molecule has 1 fully saturated rings. The fourth-order valence-electron chi connectivity index (χ4n) is 3.48. The van der Waals surface area contributed by atoms with Crippen LogP contribution in [0.25, 0.3) is 11.1 Å². The number of amides is 2. The number of carbonyl (C=O) groups excluding carboxylic acids is 2. The predicted octanol–water partition coefficient (Wildman–Crippen LogP) is 2.44. The fraction of sp³-hybridized carbons (Fsp3) is 0.391. The number of piperazine rings is 1. The lowest BCUT2D eigenvalue weighted by Crippen LogP contribution is -2.51. The van der Waals surface area contributed by atoms with Crippen molar-refractivity contribution in [2.24, 2.45) is 0 Å². The quantitative estimate of drug-likeness (QED) is 0.722. The van der Waals surface area contributed by atoms with Crippen LogP contribution in [0.5, 0.6) is 0 Å². The standard InChI is InChI=1S/C23H30N4O2/c1-2-12-24-22(28)17-26-13-15-27(16-14-26)18-23(29)25-21-11-7-6-10-20(21)19-8-4-3-5-9-19/h3-11H,2,12-18H2,1H3,(H,24,28)(H,25,29). The van der Waals surface area contributed by atoms with Crippen LogP contribution in [-0.2, 0) is 9.59 Å². The average Bonchev–Trinajstić information content (AvgIpc) is 2.74. The zero-order valence-corrected chi connectivity index (χ0v) is 17.1. The molecule has 0 aliphatic carbocycles. The minimum absolute atomic E-state index is 0.0116. The molecule has 0 saturated carbocycles. The smallest absolute Gasteiger partial charge is 0.238 e. The Morgan fingerprint density at radius 1 is 0.828 bits per heavy atom. The van der Waals surface area contributed by atoms with Gasteiger partial charge in [0.15, 0.2) is 0 Å². The zero-order valence-electron chi connectivity index (χ0n) is 17.1. The van der Waals surface area contributed by atoms with E-state index in [4.69, 9.17) is 0 Å². The average molecular weight is 395 g/mol. The Labute approximate surface area is 172 Å². The van der Waals surface area contributed by atoms with Crippen molar-refractivity contribution in [3.05, 3.63) is 54.6 Å². The van der Waals surface area contributed by atoms with Gasteiger partial charge in [-0.25, -0.2) is 0 Å². The molecule has 1 aliphatic heterocycles. The van der Waals surface area contributed by atoms with Crippen LogP contribution in [0.2, 0.25) is 0 Å². The molecule has 0 aromatic heterocycles. The van der Waals surface area contributed by atoms with Gasteiger partial charge in [-0.1, -0.05) is 55.5 Å². The van der Waals surface area contributed by atoms with E-state index in [9.17, 15) is 9.59 Å². The third kappa shape index (κ3) is 6.41. The van der Waals surface area contributed by atoms with Crippen molar-refractivity contribution in [2.75, 3.05) is 51.1 Å². The molecule has 2 aromatic carbocycles. The van der Waals surface area contributed by atoms with Crippen LogP contribution in [0.1, 0.15) is 13.3 Å². The van der Waals surface area contributed by atoms with Gasteiger partial charge in [0.1, 0.15) is 0 Å². The Kier molecular flexibility index (Phi) is 7.78. The monoisotopic (exact) mass is 394 g/mol. The van der Waals surface area contributed by atoms with Crippen LogP contribution in [0.15, 0.2) is 54.6 Å². The van der Waals surface area contributed by atoms with Crippen molar-refractivity contribution < 1.29 is 9.59 Å². The van der Waals surface area contributed by atoms with Crippen molar-refractivity contribution in [2.45, 2.75) is 13.3 Å². The Bertz CT molecular complexity index is 802. The van der Waals surface area contributed by atoms with E-state index in [0.717, 1.165) is 56.0 Å². The summed E-state index contributed by atoms with van der Waals surface area (Å²) >= 11 is 0. The van der Waals surface area contributed by atoms with E-state index < -0.39 is 0 Å². The first kappa shape index (κ1) is 21.0. The van der Waals surface area contributed by atoms with Crippen LogP contribution in [0.4, 0.5) is 5.69 Å². The van der Waals surface area contributed by atoms with Gasteiger partial charge in [-0.2, -0.15) is 0 Å². The number of hydrogen-bond donors (Lipinski definition) is 2. The molecule has 2 amide bonds. The van der Waals surface area contributed by atoms with E-state index in [0.29, 0.717) is 13.1 Å². The Morgan fingerprint density at radius 2 is 1.41 bits per heavy atom. The molecule has 6 nitrogen and oxygen atoms in total. The Hall–Kier alpha value is -2.70. The zero-order chi connectivity index (χ0) is 20.5. The van der Waals surface area contributed by atoms with Crippen LogP contribution < -0.4 is 10.6 Å². The first-order valence-electron chi connectivity index (χ1n) is 10.3. The van der Waals surface area contributed by atoms with Crippen LogP contribution in [0, 0.1) is 0 Å². The molecule has 2 N–H and O–H groups in total. The highest BCUT2D eigenvalue weighted by atomic mass is 16.2. The summed E-state index contributed by atoms with van der Waals surface area (Å²) in [4.78, 5) is 28.7. The normalized spacial score (nSPS) is 15.1. The molecule has 0 radical (unpaired) electrons. The molecule has 29 heavy (non-hydrogen) atoms. The van der Waals surface area contributed by atoms with Crippen molar-refractivity contribution in [3.63, 3.8) is 0 Å². The van der Waals surface area contributed by atoms with E-state index in [-0.39, 0.29) is 11.8 Å². The van der Waals surface area contributed by atoms with Crippen LogP contribution in [0.3, 0.4) is 0 Å². The maximum atomic E-state index is 12.6. The number of carbonyl (C=O) groups is 2. The molecule has 0 spiro atoms. The topological polar surface area (TPSA) is 64.7 Å². The molecular weight excluding hydrogens is 364 g/mol. The number of nitrogens with zero attached hydrogens (tertiary/aromatic N) is 2. The highest BCUT2D eigenvalue weighted by molar-refractivity contribution is 5.96. The molecular formula is C23H30N4O2. The summed E-state index contributed by atoms with van der Waals surface area (Å²) in [6.45, 7) is 6.74. The number of rotatable bonds is 8. The minimum Gasteiger partial charge on any atom is -0.355 e. The van der Waals surface area contributed by atoms with Gasteiger partial charge >= 0.3 is 0 Å². The summed E-state index contributed by atoms with van der Waals surface area (Å²) in [6, 6.07) is 17.9. The molecule has 1 aliphatic rings. The van der Waals surface area contributed by atoms with Crippen LogP contribution in [-0.4, -0.2) is 67.4 Å². The van der Waals surface area contributed by atoms with E-state index in [1.807, 2.05) is 61.5 Å². The first-order chi connectivity index (χ1) is 14.2. The van der Waals surface area contributed by atoms with E-state index in [1.165, 1.54) is 0 Å². The number of anilines is 1. The van der Waals surface area contributed by atoms with Gasteiger partial charge in [-0.3, -0.25) is 19.4 Å². The second-order valence-corrected chi connectivity index (χ2v) is 7.36. The first-order valence-corrected chi connectivity index (χ1v) is 10.3. The van der Waals surface area contributed by atoms with Gasteiger partial charge in [-0.15, -0.1) is 0 Å². The van der Waals surface area contributed by atoms with Gasteiger partial charge in [0.25, 0.3) is 0 Å².